The van der Waals surface area contributed by atoms with Crippen LogP contribution < -0.4 is 4.90 Å². The van der Waals surface area contributed by atoms with Crippen LogP contribution in [-0.2, 0) is 11.3 Å². The van der Waals surface area contributed by atoms with Gasteiger partial charge in [-0.3, -0.25) is 0 Å². The first-order valence-electron chi connectivity index (χ1n) is 7.40. The van der Waals surface area contributed by atoms with Gasteiger partial charge in [0.25, 0.3) is 0 Å². The number of aromatic hydroxyl groups is 1. The van der Waals surface area contributed by atoms with Crippen LogP contribution in [0.25, 0.3) is 10.1 Å². The standard InChI is InChI=1S/C18H15ClFNO3S/c1-21(9-10-4-3-5-11(20)8-10)17-14(18(23)24-2)12-6-7-13(22)15(19)16(12)25-17/h3-8,22H,9H2,1-2H3. The molecule has 2 aromatic carbocycles. The van der Waals surface area contributed by atoms with E-state index in [-0.39, 0.29) is 16.6 Å². The van der Waals surface area contributed by atoms with E-state index in [0.29, 0.717) is 27.2 Å². The molecule has 25 heavy (non-hydrogen) atoms. The Kier molecular flexibility index (Phi) is 4.83. The molecule has 0 fully saturated rings. The molecular weight excluding hydrogens is 365 g/mol. The van der Waals surface area contributed by atoms with Crippen molar-refractivity contribution >= 4 is 44.0 Å². The van der Waals surface area contributed by atoms with Crippen molar-refractivity contribution in [3.8, 4) is 5.75 Å². The molecule has 3 rings (SSSR count). The van der Waals surface area contributed by atoms with E-state index < -0.39 is 5.97 Å². The van der Waals surface area contributed by atoms with Crippen LogP contribution in [0.15, 0.2) is 36.4 Å². The van der Waals surface area contributed by atoms with E-state index in [0.717, 1.165) is 5.56 Å². The van der Waals surface area contributed by atoms with Crippen LogP contribution in [0.2, 0.25) is 5.02 Å². The number of benzene rings is 2. The highest BCUT2D eigenvalue weighted by Crippen LogP contribution is 2.44. The summed E-state index contributed by atoms with van der Waals surface area (Å²) in [6.45, 7) is 0.401. The average Bonchev–Trinajstić information content (AvgIpc) is 2.98. The zero-order valence-electron chi connectivity index (χ0n) is 13.5. The minimum atomic E-state index is -0.492. The number of thiophene rings is 1. The average molecular weight is 380 g/mol. The third kappa shape index (κ3) is 3.27. The lowest BCUT2D eigenvalue weighted by Crippen LogP contribution is -2.18. The van der Waals surface area contributed by atoms with Crippen LogP contribution in [0.1, 0.15) is 15.9 Å². The van der Waals surface area contributed by atoms with Crippen LogP contribution >= 0.6 is 22.9 Å². The molecule has 0 aliphatic heterocycles. The molecule has 7 heteroatoms. The summed E-state index contributed by atoms with van der Waals surface area (Å²) in [6, 6.07) is 9.36. The number of carbonyl (C=O) groups excluding carboxylic acids is 1. The van der Waals surface area contributed by atoms with Gasteiger partial charge in [-0.25, -0.2) is 9.18 Å². The highest BCUT2D eigenvalue weighted by atomic mass is 35.5. The Balaban J connectivity index is 2.10. The van der Waals surface area contributed by atoms with Crippen molar-refractivity contribution in [2.45, 2.75) is 6.54 Å². The first-order chi connectivity index (χ1) is 11.9. The minimum absolute atomic E-state index is 0.0498. The van der Waals surface area contributed by atoms with Gasteiger partial charge in [-0.1, -0.05) is 23.7 Å². The van der Waals surface area contributed by atoms with Gasteiger partial charge < -0.3 is 14.7 Å². The Morgan fingerprint density at radius 1 is 1.36 bits per heavy atom. The largest absolute Gasteiger partial charge is 0.506 e. The third-order valence-electron chi connectivity index (χ3n) is 3.80. The van der Waals surface area contributed by atoms with E-state index in [1.54, 1.807) is 19.2 Å². The fourth-order valence-electron chi connectivity index (χ4n) is 2.65. The first kappa shape index (κ1) is 17.5. The van der Waals surface area contributed by atoms with Crippen LogP contribution in [-0.4, -0.2) is 25.2 Å². The summed E-state index contributed by atoms with van der Waals surface area (Å²) < 4.78 is 18.9. The number of ether oxygens (including phenoxy) is 1. The summed E-state index contributed by atoms with van der Waals surface area (Å²) in [6.07, 6.45) is 0. The number of nitrogens with zero attached hydrogens (tertiary/aromatic N) is 1. The molecule has 0 unspecified atom stereocenters. The quantitative estimate of drug-likeness (QED) is 0.660. The first-order valence-corrected chi connectivity index (χ1v) is 8.59. The Hall–Kier alpha value is -2.31. The molecule has 0 radical (unpaired) electrons. The van der Waals surface area contributed by atoms with Crippen molar-refractivity contribution in [2.24, 2.45) is 0 Å². The molecule has 0 spiro atoms. The second kappa shape index (κ2) is 6.90. The van der Waals surface area contributed by atoms with Crippen molar-refractivity contribution < 1.29 is 19.0 Å². The molecule has 1 aromatic heterocycles. The smallest absolute Gasteiger partial charge is 0.341 e. The van der Waals surface area contributed by atoms with Crippen molar-refractivity contribution in [3.63, 3.8) is 0 Å². The van der Waals surface area contributed by atoms with Crippen molar-refractivity contribution in [3.05, 3.63) is 58.4 Å². The topological polar surface area (TPSA) is 49.8 Å². The van der Waals surface area contributed by atoms with Crippen molar-refractivity contribution in [1.82, 2.24) is 0 Å². The van der Waals surface area contributed by atoms with Crippen LogP contribution in [0.5, 0.6) is 5.75 Å². The van der Waals surface area contributed by atoms with E-state index >= 15 is 0 Å². The number of anilines is 1. The van der Waals surface area contributed by atoms with Gasteiger partial charge in [0.2, 0.25) is 0 Å². The van der Waals surface area contributed by atoms with Gasteiger partial charge >= 0.3 is 5.97 Å². The number of phenols is 1. The predicted octanol–water partition coefficient (Wildman–Crippen LogP) is 4.82. The zero-order chi connectivity index (χ0) is 18.1. The number of methoxy groups -OCH3 is 1. The number of hydrogen-bond donors (Lipinski definition) is 1. The summed E-state index contributed by atoms with van der Waals surface area (Å²) in [4.78, 5) is 14.1. The van der Waals surface area contributed by atoms with E-state index in [1.165, 1.54) is 36.6 Å². The Morgan fingerprint density at radius 3 is 2.80 bits per heavy atom. The predicted molar refractivity (Wildman–Crippen MR) is 98.3 cm³/mol. The van der Waals surface area contributed by atoms with Crippen molar-refractivity contribution in [1.29, 1.82) is 0 Å². The highest BCUT2D eigenvalue weighted by Gasteiger charge is 2.24. The molecule has 3 aromatic rings. The lowest BCUT2D eigenvalue weighted by molar-refractivity contribution is 0.0604. The monoisotopic (exact) mass is 379 g/mol. The molecule has 0 aliphatic carbocycles. The van der Waals surface area contributed by atoms with Crippen LogP contribution in [0.3, 0.4) is 0 Å². The molecular formula is C18H15ClFNO3S. The van der Waals surface area contributed by atoms with Crippen LogP contribution in [0.4, 0.5) is 9.39 Å². The molecule has 0 bridgehead atoms. The Morgan fingerprint density at radius 2 is 2.12 bits per heavy atom. The molecule has 1 N–H and O–H groups in total. The van der Waals surface area contributed by atoms with Crippen LogP contribution in [0, 0.1) is 5.82 Å². The minimum Gasteiger partial charge on any atom is -0.506 e. The normalized spacial score (nSPS) is 10.9. The molecule has 0 aliphatic rings. The summed E-state index contributed by atoms with van der Waals surface area (Å²) in [5, 5.41) is 11.3. The summed E-state index contributed by atoms with van der Waals surface area (Å²) in [5.74, 6) is -0.858. The number of halogens is 2. The lowest BCUT2D eigenvalue weighted by atomic mass is 10.1. The summed E-state index contributed by atoms with van der Waals surface area (Å²) >= 11 is 7.46. The van der Waals surface area contributed by atoms with Gasteiger partial charge in [0, 0.05) is 19.0 Å². The maximum absolute atomic E-state index is 13.4. The van der Waals surface area contributed by atoms with Crippen molar-refractivity contribution in [2.75, 3.05) is 19.1 Å². The fraction of sp³-hybridized carbons (Fsp3) is 0.167. The summed E-state index contributed by atoms with van der Waals surface area (Å²) in [5.41, 5.74) is 1.15. The second-order valence-corrected chi connectivity index (χ2v) is 6.91. The lowest BCUT2D eigenvalue weighted by Gasteiger charge is -2.19. The van der Waals surface area contributed by atoms with Gasteiger partial charge in [-0.05, 0) is 29.8 Å². The number of carbonyl (C=O) groups is 1. The fourth-order valence-corrected chi connectivity index (χ4v) is 4.12. The van der Waals surface area contributed by atoms with E-state index in [1.807, 2.05) is 11.0 Å². The van der Waals surface area contributed by atoms with Gasteiger partial charge in [0.15, 0.2) is 0 Å². The van der Waals surface area contributed by atoms with Gasteiger partial charge in [-0.15, -0.1) is 11.3 Å². The third-order valence-corrected chi connectivity index (χ3v) is 5.64. The maximum atomic E-state index is 13.4. The molecule has 0 saturated carbocycles. The molecule has 130 valence electrons. The molecule has 0 amide bonds. The number of fused-ring (bicyclic) bond motifs is 1. The number of rotatable bonds is 4. The second-order valence-electron chi connectivity index (χ2n) is 5.54. The van der Waals surface area contributed by atoms with Gasteiger partial charge in [-0.2, -0.15) is 0 Å². The molecule has 0 saturated heterocycles. The molecule has 0 atom stereocenters. The number of hydrogen-bond acceptors (Lipinski definition) is 5. The SMILES string of the molecule is COC(=O)c1c(N(C)Cc2cccc(F)c2)sc2c(Cl)c(O)ccc12. The highest BCUT2D eigenvalue weighted by molar-refractivity contribution is 7.24. The number of esters is 1. The van der Waals surface area contributed by atoms with E-state index in [4.69, 9.17) is 16.3 Å². The zero-order valence-corrected chi connectivity index (χ0v) is 15.1. The summed E-state index contributed by atoms with van der Waals surface area (Å²) in [7, 11) is 3.11. The number of phenolic OH excluding ortho intramolecular Hbond substituents is 1. The van der Waals surface area contributed by atoms with Gasteiger partial charge in [0.1, 0.15) is 27.2 Å². The molecule has 1 heterocycles. The molecule has 4 nitrogen and oxygen atoms in total. The Labute approximate surface area is 153 Å². The van der Waals surface area contributed by atoms with Gasteiger partial charge in [0.05, 0.1) is 11.8 Å². The Bertz CT molecular complexity index is 957. The van der Waals surface area contributed by atoms with E-state index in [9.17, 15) is 14.3 Å². The maximum Gasteiger partial charge on any atom is 0.341 e. The van der Waals surface area contributed by atoms with E-state index in [2.05, 4.69) is 0 Å².